The summed E-state index contributed by atoms with van der Waals surface area (Å²) in [5, 5.41) is 0.445. The number of anilines is 1. The predicted octanol–water partition coefficient (Wildman–Crippen LogP) is 4.49. The van der Waals surface area contributed by atoms with Crippen molar-refractivity contribution in [3.8, 4) is 22.4 Å². The van der Waals surface area contributed by atoms with Gasteiger partial charge in [0.1, 0.15) is 11.6 Å². The SMILES string of the molecule is Cc1c(-c2cccnc2)cc(-c2cc(Cl)ccc2F)nc1N. The van der Waals surface area contributed by atoms with Gasteiger partial charge in [0.25, 0.3) is 0 Å². The van der Waals surface area contributed by atoms with Crippen LogP contribution in [-0.4, -0.2) is 9.97 Å². The van der Waals surface area contributed by atoms with Crippen LogP contribution in [0.1, 0.15) is 5.56 Å². The maximum Gasteiger partial charge on any atom is 0.132 e. The van der Waals surface area contributed by atoms with Crippen LogP contribution in [0, 0.1) is 12.7 Å². The molecule has 0 radical (unpaired) electrons. The first-order valence-corrected chi connectivity index (χ1v) is 7.07. The summed E-state index contributed by atoms with van der Waals surface area (Å²) in [7, 11) is 0. The van der Waals surface area contributed by atoms with E-state index in [4.69, 9.17) is 17.3 Å². The molecule has 22 heavy (non-hydrogen) atoms. The molecule has 5 heteroatoms. The van der Waals surface area contributed by atoms with Crippen LogP contribution in [0.15, 0.2) is 48.8 Å². The van der Waals surface area contributed by atoms with Gasteiger partial charge in [0.05, 0.1) is 5.69 Å². The van der Waals surface area contributed by atoms with E-state index >= 15 is 0 Å². The molecule has 0 bridgehead atoms. The van der Waals surface area contributed by atoms with Crippen LogP contribution in [0.5, 0.6) is 0 Å². The lowest BCUT2D eigenvalue weighted by molar-refractivity contribution is 0.631. The fourth-order valence-corrected chi connectivity index (χ4v) is 2.45. The van der Waals surface area contributed by atoms with Gasteiger partial charge in [-0.3, -0.25) is 4.98 Å². The van der Waals surface area contributed by atoms with E-state index < -0.39 is 5.82 Å². The average Bonchev–Trinajstić information content (AvgIpc) is 2.53. The first kappa shape index (κ1) is 14.5. The third-order valence-corrected chi connectivity index (χ3v) is 3.72. The van der Waals surface area contributed by atoms with Gasteiger partial charge in [-0.25, -0.2) is 9.37 Å². The second-order valence-electron chi connectivity index (χ2n) is 4.93. The minimum atomic E-state index is -0.391. The number of benzene rings is 1. The monoisotopic (exact) mass is 313 g/mol. The van der Waals surface area contributed by atoms with Gasteiger partial charge >= 0.3 is 0 Å². The summed E-state index contributed by atoms with van der Waals surface area (Å²) < 4.78 is 14.1. The molecule has 0 saturated heterocycles. The minimum absolute atomic E-state index is 0.323. The number of nitrogens with two attached hydrogens (primary N) is 1. The zero-order valence-electron chi connectivity index (χ0n) is 11.8. The van der Waals surface area contributed by atoms with Gasteiger partial charge in [0.15, 0.2) is 0 Å². The van der Waals surface area contributed by atoms with Crippen molar-refractivity contribution in [1.29, 1.82) is 0 Å². The number of aromatic nitrogens is 2. The molecule has 0 aliphatic rings. The molecule has 0 aliphatic carbocycles. The lowest BCUT2D eigenvalue weighted by atomic mass is 10.00. The van der Waals surface area contributed by atoms with Gasteiger partial charge in [-0.2, -0.15) is 0 Å². The largest absolute Gasteiger partial charge is 0.383 e. The van der Waals surface area contributed by atoms with Gasteiger partial charge in [0.2, 0.25) is 0 Å². The zero-order chi connectivity index (χ0) is 15.7. The lowest BCUT2D eigenvalue weighted by Gasteiger charge is -2.12. The fraction of sp³-hybridized carbons (Fsp3) is 0.0588. The van der Waals surface area contributed by atoms with E-state index in [1.165, 1.54) is 12.1 Å². The van der Waals surface area contributed by atoms with Crippen molar-refractivity contribution in [3.63, 3.8) is 0 Å². The van der Waals surface area contributed by atoms with Gasteiger partial charge in [-0.05, 0) is 48.4 Å². The summed E-state index contributed by atoms with van der Waals surface area (Å²) in [5.41, 5.74) is 9.37. The summed E-state index contributed by atoms with van der Waals surface area (Å²) in [6.07, 6.45) is 3.43. The van der Waals surface area contributed by atoms with Crippen LogP contribution in [0.25, 0.3) is 22.4 Å². The van der Waals surface area contributed by atoms with Crippen molar-refractivity contribution in [1.82, 2.24) is 9.97 Å². The Kier molecular flexibility index (Phi) is 3.77. The normalized spacial score (nSPS) is 10.7. The molecule has 3 nitrogen and oxygen atoms in total. The molecule has 3 rings (SSSR count). The molecular formula is C17H13ClFN3. The number of pyridine rings is 2. The van der Waals surface area contributed by atoms with Crippen LogP contribution in [0.4, 0.5) is 10.2 Å². The second kappa shape index (κ2) is 5.73. The second-order valence-corrected chi connectivity index (χ2v) is 5.37. The minimum Gasteiger partial charge on any atom is -0.383 e. The Morgan fingerprint density at radius 1 is 1.14 bits per heavy atom. The standard InChI is InChI=1S/C17H13ClFN3/c1-10-13(11-3-2-6-21-9-11)8-16(22-17(10)20)14-7-12(18)4-5-15(14)19/h2-9H,1H3,(H2,20,22). The fourth-order valence-electron chi connectivity index (χ4n) is 2.28. The van der Waals surface area contributed by atoms with E-state index in [1.54, 1.807) is 24.5 Å². The molecule has 3 aromatic rings. The number of hydrogen-bond acceptors (Lipinski definition) is 3. The third-order valence-electron chi connectivity index (χ3n) is 3.49. The van der Waals surface area contributed by atoms with Crippen molar-refractivity contribution >= 4 is 17.4 Å². The van der Waals surface area contributed by atoms with E-state index in [-0.39, 0.29) is 0 Å². The molecular weight excluding hydrogens is 301 g/mol. The van der Waals surface area contributed by atoms with E-state index in [1.807, 2.05) is 19.1 Å². The molecule has 2 aromatic heterocycles. The topological polar surface area (TPSA) is 51.8 Å². The van der Waals surface area contributed by atoms with Crippen molar-refractivity contribution in [2.24, 2.45) is 0 Å². The summed E-state index contributed by atoms with van der Waals surface area (Å²) in [5.74, 6) is -0.0342. The van der Waals surface area contributed by atoms with Crippen molar-refractivity contribution in [3.05, 3.63) is 65.2 Å². The summed E-state index contributed by atoms with van der Waals surface area (Å²) in [6.45, 7) is 1.88. The Morgan fingerprint density at radius 3 is 2.68 bits per heavy atom. The Balaban J connectivity index is 2.23. The molecule has 0 atom stereocenters. The number of halogens is 2. The number of nitrogens with zero attached hydrogens (tertiary/aromatic N) is 2. The maximum absolute atomic E-state index is 14.1. The van der Waals surface area contributed by atoms with Gasteiger partial charge in [-0.1, -0.05) is 17.7 Å². The van der Waals surface area contributed by atoms with E-state index in [9.17, 15) is 4.39 Å². The summed E-state index contributed by atoms with van der Waals surface area (Å²) in [6, 6.07) is 9.93. The smallest absolute Gasteiger partial charge is 0.132 e. The zero-order valence-corrected chi connectivity index (χ0v) is 12.6. The summed E-state index contributed by atoms with van der Waals surface area (Å²) >= 11 is 5.96. The number of nitrogen functional groups attached to an aromatic ring is 1. The van der Waals surface area contributed by atoms with Gasteiger partial charge in [0, 0.05) is 28.5 Å². The van der Waals surface area contributed by atoms with E-state index in [2.05, 4.69) is 9.97 Å². The maximum atomic E-state index is 14.1. The van der Waals surface area contributed by atoms with Crippen molar-refractivity contribution in [2.75, 3.05) is 5.73 Å². The number of hydrogen-bond donors (Lipinski definition) is 1. The predicted molar refractivity (Wildman–Crippen MR) is 87.0 cm³/mol. The Labute approximate surface area is 132 Å². The van der Waals surface area contributed by atoms with Crippen molar-refractivity contribution in [2.45, 2.75) is 6.92 Å². The molecule has 0 unspecified atom stereocenters. The van der Waals surface area contributed by atoms with Crippen molar-refractivity contribution < 1.29 is 4.39 Å². The number of rotatable bonds is 2. The molecule has 2 N–H and O–H groups in total. The first-order valence-electron chi connectivity index (χ1n) is 6.69. The van der Waals surface area contributed by atoms with Crippen LogP contribution in [-0.2, 0) is 0 Å². The van der Waals surface area contributed by atoms with E-state index in [0.717, 1.165) is 16.7 Å². The highest BCUT2D eigenvalue weighted by Crippen LogP contribution is 2.32. The molecule has 0 fully saturated rings. The van der Waals surface area contributed by atoms with E-state index in [0.29, 0.717) is 22.1 Å². The van der Waals surface area contributed by atoms with Crippen LogP contribution in [0.2, 0.25) is 5.02 Å². The molecule has 110 valence electrons. The molecule has 1 aromatic carbocycles. The van der Waals surface area contributed by atoms with Gasteiger partial charge in [-0.15, -0.1) is 0 Å². The summed E-state index contributed by atoms with van der Waals surface area (Å²) in [4.78, 5) is 8.40. The van der Waals surface area contributed by atoms with Gasteiger partial charge < -0.3 is 5.73 Å². The highest BCUT2D eigenvalue weighted by atomic mass is 35.5. The molecule has 0 spiro atoms. The lowest BCUT2D eigenvalue weighted by Crippen LogP contribution is -2.00. The Bertz CT molecular complexity index is 835. The Hall–Kier alpha value is -2.46. The highest BCUT2D eigenvalue weighted by molar-refractivity contribution is 6.30. The molecule has 0 saturated carbocycles. The van der Waals surface area contributed by atoms with Crippen LogP contribution in [0.3, 0.4) is 0 Å². The quantitative estimate of drug-likeness (QED) is 0.758. The molecule has 0 aliphatic heterocycles. The highest BCUT2D eigenvalue weighted by Gasteiger charge is 2.13. The first-order chi connectivity index (χ1) is 10.6. The van der Waals surface area contributed by atoms with Crippen LogP contribution < -0.4 is 5.73 Å². The Morgan fingerprint density at radius 2 is 1.95 bits per heavy atom. The molecule has 2 heterocycles. The van der Waals surface area contributed by atoms with Crippen LogP contribution >= 0.6 is 11.6 Å². The third kappa shape index (κ3) is 2.65. The average molecular weight is 314 g/mol. The molecule has 0 amide bonds.